The second kappa shape index (κ2) is 7.38. The number of carbonyl (C=O) groups excluding carboxylic acids is 1. The Morgan fingerprint density at radius 2 is 2.04 bits per heavy atom. The van der Waals surface area contributed by atoms with Crippen LogP contribution in [-0.2, 0) is 17.8 Å². The molecule has 26 heavy (non-hydrogen) atoms. The summed E-state index contributed by atoms with van der Waals surface area (Å²) >= 11 is 0. The van der Waals surface area contributed by atoms with E-state index in [1.54, 1.807) is 0 Å². The van der Waals surface area contributed by atoms with Crippen molar-refractivity contribution >= 4 is 5.91 Å². The Bertz CT molecular complexity index is 806. The summed E-state index contributed by atoms with van der Waals surface area (Å²) < 4.78 is 10.7. The van der Waals surface area contributed by atoms with Gasteiger partial charge in [-0.05, 0) is 55.0 Å². The van der Waals surface area contributed by atoms with Crippen molar-refractivity contribution in [3.05, 3.63) is 59.2 Å². The van der Waals surface area contributed by atoms with E-state index in [1.165, 1.54) is 11.1 Å². The van der Waals surface area contributed by atoms with E-state index in [0.29, 0.717) is 6.54 Å². The number of ether oxygens (including phenoxy) is 2. The van der Waals surface area contributed by atoms with Crippen LogP contribution in [0.1, 0.15) is 42.5 Å². The summed E-state index contributed by atoms with van der Waals surface area (Å²) in [6, 6.07) is 14.1. The zero-order chi connectivity index (χ0) is 17.9. The molecule has 2 aliphatic rings. The highest BCUT2D eigenvalue weighted by molar-refractivity contribution is 5.81. The zero-order valence-corrected chi connectivity index (χ0v) is 15.0. The number of rotatable bonds is 5. The van der Waals surface area contributed by atoms with Crippen molar-refractivity contribution in [2.24, 2.45) is 0 Å². The van der Waals surface area contributed by atoms with Gasteiger partial charge in [0.25, 0.3) is 0 Å². The average molecular weight is 352 g/mol. The summed E-state index contributed by atoms with van der Waals surface area (Å²) in [5, 5.41) is 6.50. The first-order valence-electron chi connectivity index (χ1n) is 9.21. The molecule has 136 valence electrons. The largest absolute Gasteiger partial charge is 0.454 e. The lowest BCUT2D eigenvalue weighted by Gasteiger charge is -2.27. The summed E-state index contributed by atoms with van der Waals surface area (Å²) in [7, 11) is 0. The topological polar surface area (TPSA) is 59.6 Å². The van der Waals surface area contributed by atoms with E-state index in [1.807, 2.05) is 31.2 Å². The minimum Gasteiger partial charge on any atom is -0.454 e. The van der Waals surface area contributed by atoms with Gasteiger partial charge in [-0.3, -0.25) is 4.79 Å². The van der Waals surface area contributed by atoms with Crippen LogP contribution in [0, 0.1) is 0 Å². The highest BCUT2D eigenvalue weighted by Gasteiger charge is 2.23. The first-order chi connectivity index (χ1) is 12.7. The van der Waals surface area contributed by atoms with Gasteiger partial charge in [-0.2, -0.15) is 0 Å². The van der Waals surface area contributed by atoms with Crippen LogP contribution < -0.4 is 20.1 Å². The van der Waals surface area contributed by atoms with Crippen molar-refractivity contribution in [1.82, 2.24) is 10.6 Å². The normalized spacial score (nSPS) is 18.9. The predicted octanol–water partition coefficient (Wildman–Crippen LogP) is 3.09. The Balaban J connectivity index is 1.34. The second-order valence-electron chi connectivity index (χ2n) is 6.94. The smallest absolute Gasteiger partial charge is 0.237 e. The lowest BCUT2D eigenvalue weighted by Crippen LogP contribution is -2.43. The van der Waals surface area contributed by atoms with Gasteiger partial charge in [0.05, 0.1) is 12.1 Å². The molecular formula is C21H24N2O3. The Labute approximate surface area is 153 Å². The predicted molar refractivity (Wildman–Crippen MR) is 99.1 cm³/mol. The van der Waals surface area contributed by atoms with Gasteiger partial charge in [-0.15, -0.1) is 0 Å². The van der Waals surface area contributed by atoms with Gasteiger partial charge in [-0.25, -0.2) is 0 Å². The lowest BCUT2D eigenvalue weighted by atomic mass is 9.87. The van der Waals surface area contributed by atoms with E-state index in [4.69, 9.17) is 9.47 Å². The van der Waals surface area contributed by atoms with Gasteiger partial charge < -0.3 is 20.1 Å². The van der Waals surface area contributed by atoms with Gasteiger partial charge in [0.1, 0.15) is 0 Å². The number of aryl methyl sites for hydroxylation is 1. The van der Waals surface area contributed by atoms with Crippen molar-refractivity contribution < 1.29 is 14.3 Å². The summed E-state index contributed by atoms with van der Waals surface area (Å²) in [6.45, 7) is 2.78. The molecule has 0 saturated carbocycles. The third kappa shape index (κ3) is 3.53. The molecule has 0 fully saturated rings. The number of hydrogen-bond acceptors (Lipinski definition) is 4. The summed E-state index contributed by atoms with van der Waals surface area (Å²) in [5.74, 6) is 1.57. The zero-order valence-electron chi connectivity index (χ0n) is 15.0. The first-order valence-corrected chi connectivity index (χ1v) is 9.21. The molecule has 2 aromatic carbocycles. The van der Waals surface area contributed by atoms with Crippen LogP contribution in [0.15, 0.2) is 42.5 Å². The maximum atomic E-state index is 12.6. The van der Waals surface area contributed by atoms with Crippen LogP contribution in [-0.4, -0.2) is 18.7 Å². The van der Waals surface area contributed by atoms with Crippen molar-refractivity contribution in [2.45, 2.75) is 44.8 Å². The maximum absolute atomic E-state index is 12.6. The van der Waals surface area contributed by atoms with Gasteiger partial charge in [-0.1, -0.05) is 30.3 Å². The molecule has 0 radical (unpaired) electrons. The van der Waals surface area contributed by atoms with E-state index in [-0.39, 0.29) is 24.8 Å². The molecule has 1 amide bonds. The van der Waals surface area contributed by atoms with Crippen molar-refractivity contribution in [3.63, 3.8) is 0 Å². The van der Waals surface area contributed by atoms with Crippen LogP contribution in [0.3, 0.4) is 0 Å². The van der Waals surface area contributed by atoms with Crippen molar-refractivity contribution in [3.8, 4) is 11.5 Å². The third-order valence-corrected chi connectivity index (χ3v) is 5.13. The monoisotopic (exact) mass is 352 g/mol. The molecule has 0 bridgehead atoms. The molecule has 0 spiro atoms. The van der Waals surface area contributed by atoms with Crippen LogP contribution >= 0.6 is 0 Å². The fraction of sp³-hybridized carbons (Fsp3) is 0.381. The van der Waals surface area contributed by atoms with Crippen LogP contribution in [0.2, 0.25) is 0 Å². The number of carbonyl (C=O) groups is 1. The van der Waals surface area contributed by atoms with Crippen LogP contribution in [0.25, 0.3) is 0 Å². The SMILES string of the molecule is C[C@@H](NCc1ccc2c(c1)OCO2)C(=O)N[C@@H]1CCCc2ccccc21. The summed E-state index contributed by atoms with van der Waals surface area (Å²) in [5.41, 5.74) is 3.68. The van der Waals surface area contributed by atoms with E-state index in [2.05, 4.69) is 28.8 Å². The quantitative estimate of drug-likeness (QED) is 0.868. The average Bonchev–Trinajstić information content (AvgIpc) is 3.14. The second-order valence-corrected chi connectivity index (χ2v) is 6.94. The fourth-order valence-corrected chi connectivity index (χ4v) is 3.62. The van der Waals surface area contributed by atoms with Gasteiger partial charge in [0.2, 0.25) is 12.7 Å². The molecule has 0 saturated heterocycles. The number of amides is 1. The molecule has 2 aromatic rings. The molecule has 0 aromatic heterocycles. The first kappa shape index (κ1) is 16.9. The van der Waals surface area contributed by atoms with E-state index in [9.17, 15) is 4.79 Å². The Morgan fingerprint density at radius 1 is 1.19 bits per heavy atom. The Hall–Kier alpha value is -2.53. The molecule has 1 aliphatic heterocycles. The van der Waals surface area contributed by atoms with Crippen LogP contribution in [0.5, 0.6) is 11.5 Å². The minimum atomic E-state index is -0.269. The molecule has 1 heterocycles. The molecule has 4 rings (SSSR count). The molecule has 5 heteroatoms. The van der Waals surface area contributed by atoms with E-state index >= 15 is 0 Å². The Morgan fingerprint density at radius 3 is 2.96 bits per heavy atom. The highest BCUT2D eigenvalue weighted by Crippen LogP contribution is 2.32. The number of nitrogens with one attached hydrogen (secondary N) is 2. The molecule has 1 aliphatic carbocycles. The van der Waals surface area contributed by atoms with Gasteiger partial charge >= 0.3 is 0 Å². The number of benzene rings is 2. The highest BCUT2D eigenvalue weighted by atomic mass is 16.7. The van der Waals surface area contributed by atoms with Crippen LogP contribution in [0.4, 0.5) is 0 Å². The molecule has 5 nitrogen and oxygen atoms in total. The number of fused-ring (bicyclic) bond motifs is 2. The Kier molecular flexibility index (Phi) is 4.80. The van der Waals surface area contributed by atoms with Gasteiger partial charge in [0.15, 0.2) is 11.5 Å². The fourth-order valence-electron chi connectivity index (χ4n) is 3.62. The summed E-state index contributed by atoms with van der Waals surface area (Å²) in [4.78, 5) is 12.6. The van der Waals surface area contributed by atoms with Crippen molar-refractivity contribution in [1.29, 1.82) is 0 Å². The number of hydrogen-bond donors (Lipinski definition) is 2. The maximum Gasteiger partial charge on any atom is 0.237 e. The molecule has 2 atom stereocenters. The lowest BCUT2D eigenvalue weighted by molar-refractivity contribution is -0.123. The van der Waals surface area contributed by atoms with Crippen molar-refractivity contribution in [2.75, 3.05) is 6.79 Å². The van der Waals surface area contributed by atoms with E-state index < -0.39 is 0 Å². The minimum absolute atomic E-state index is 0.0347. The molecule has 2 N–H and O–H groups in total. The molecule has 0 unspecified atom stereocenters. The third-order valence-electron chi connectivity index (χ3n) is 5.13. The summed E-state index contributed by atoms with van der Waals surface area (Å²) in [6.07, 6.45) is 3.21. The molecular weight excluding hydrogens is 328 g/mol. The van der Waals surface area contributed by atoms with Gasteiger partial charge in [0, 0.05) is 6.54 Å². The van der Waals surface area contributed by atoms with E-state index in [0.717, 1.165) is 36.3 Å². The standard InChI is InChI=1S/C21H24N2O3/c1-14(22-12-15-9-10-19-20(11-15)26-13-25-19)21(24)23-18-8-4-6-16-5-2-3-7-17(16)18/h2-3,5,7,9-11,14,18,22H,4,6,8,12-13H2,1H3,(H,23,24)/t14-,18-/m1/s1.